The molecule has 0 aliphatic rings. The van der Waals surface area contributed by atoms with Crippen LogP contribution in [0.5, 0.6) is 5.75 Å². The van der Waals surface area contributed by atoms with Gasteiger partial charge in [0.1, 0.15) is 11.9 Å². The Balaban J connectivity index is 3.05. The second-order valence-corrected chi connectivity index (χ2v) is 3.74. The smallest absolute Gasteiger partial charge is 0.121 e. The van der Waals surface area contributed by atoms with Gasteiger partial charge in [-0.1, -0.05) is 11.6 Å². The number of phenolic OH excluding ortho intramolecular Hbond substituents is 1. The van der Waals surface area contributed by atoms with Gasteiger partial charge in [-0.2, -0.15) is 0 Å². The highest BCUT2D eigenvalue weighted by molar-refractivity contribution is 6.30. The van der Waals surface area contributed by atoms with Crippen LogP contribution in [0.25, 0.3) is 0 Å². The maximum atomic E-state index is 9.69. The quantitative estimate of drug-likeness (QED) is 0.865. The largest absolute Gasteiger partial charge is 0.508 e. The highest BCUT2D eigenvalue weighted by Gasteiger charge is 2.21. The van der Waals surface area contributed by atoms with Gasteiger partial charge in [-0.15, -0.1) is 0 Å². The summed E-state index contributed by atoms with van der Waals surface area (Å²) in [5.74, 6) is 0.162. The van der Waals surface area contributed by atoms with E-state index in [4.69, 9.17) is 21.1 Å². The van der Waals surface area contributed by atoms with E-state index in [0.717, 1.165) is 0 Å². The van der Waals surface area contributed by atoms with Crippen molar-refractivity contribution in [2.45, 2.75) is 19.1 Å². The number of hydrogen-bond donors (Lipinski definition) is 1. The van der Waals surface area contributed by atoms with E-state index in [1.807, 2.05) is 6.92 Å². The summed E-state index contributed by atoms with van der Waals surface area (Å²) < 4.78 is 10.5. The maximum absolute atomic E-state index is 9.69. The van der Waals surface area contributed by atoms with Crippen molar-refractivity contribution in [3.63, 3.8) is 0 Å². The van der Waals surface area contributed by atoms with Crippen molar-refractivity contribution in [2.75, 3.05) is 14.2 Å². The molecule has 0 radical (unpaired) electrons. The van der Waals surface area contributed by atoms with E-state index in [1.54, 1.807) is 32.4 Å². The standard InChI is InChI=1S/C11H15ClO3/c1-7(14-2)11(15-3)9-6-8(12)4-5-10(9)13/h4-7,11,13H,1-3H3/t7-,11+/m1/s1. The molecule has 0 spiro atoms. The number of hydrogen-bond acceptors (Lipinski definition) is 3. The Morgan fingerprint density at radius 2 is 1.93 bits per heavy atom. The molecule has 1 aromatic carbocycles. The summed E-state index contributed by atoms with van der Waals surface area (Å²) in [4.78, 5) is 0. The Labute approximate surface area is 94.6 Å². The first-order valence-corrected chi connectivity index (χ1v) is 5.02. The average molecular weight is 231 g/mol. The Bertz CT molecular complexity index is 328. The highest BCUT2D eigenvalue weighted by atomic mass is 35.5. The summed E-state index contributed by atoms with van der Waals surface area (Å²) in [6, 6.07) is 4.86. The third kappa shape index (κ3) is 2.84. The number of halogens is 1. The zero-order valence-corrected chi connectivity index (χ0v) is 9.78. The Morgan fingerprint density at radius 3 is 2.47 bits per heavy atom. The fourth-order valence-corrected chi connectivity index (χ4v) is 1.63. The fourth-order valence-electron chi connectivity index (χ4n) is 1.45. The molecule has 84 valence electrons. The predicted molar refractivity (Wildman–Crippen MR) is 59.3 cm³/mol. The van der Waals surface area contributed by atoms with Crippen LogP contribution in [0.4, 0.5) is 0 Å². The molecule has 1 rings (SSSR count). The number of rotatable bonds is 4. The first kappa shape index (κ1) is 12.3. The van der Waals surface area contributed by atoms with Crippen molar-refractivity contribution in [2.24, 2.45) is 0 Å². The molecular weight excluding hydrogens is 216 g/mol. The zero-order chi connectivity index (χ0) is 11.4. The fraction of sp³-hybridized carbons (Fsp3) is 0.455. The molecule has 2 atom stereocenters. The van der Waals surface area contributed by atoms with Gasteiger partial charge in [0, 0.05) is 24.8 Å². The van der Waals surface area contributed by atoms with Gasteiger partial charge in [0.2, 0.25) is 0 Å². The van der Waals surface area contributed by atoms with Crippen molar-refractivity contribution < 1.29 is 14.6 Å². The molecule has 1 aromatic rings. The number of methoxy groups -OCH3 is 2. The topological polar surface area (TPSA) is 38.7 Å². The lowest BCUT2D eigenvalue weighted by molar-refractivity contribution is -0.0287. The van der Waals surface area contributed by atoms with Gasteiger partial charge >= 0.3 is 0 Å². The molecular formula is C11H15ClO3. The van der Waals surface area contributed by atoms with E-state index in [0.29, 0.717) is 10.6 Å². The van der Waals surface area contributed by atoms with E-state index < -0.39 is 0 Å². The molecule has 3 nitrogen and oxygen atoms in total. The molecule has 0 aliphatic carbocycles. The summed E-state index contributed by atoms with van der Waals surface area (Å²) in [5, 5.41) is 10.2. The molecule has 4 heteroatoms. The minimum Gasteiger partial charge on any atom is -0.508 e. The van der Waals surface area contributed by atoms with Crippen LogP contribution in [0, 0.1) is 0 Å². The molecule has 15 heavy (non-hydrogen) atoms. The van der Waals surface area contributed by atoms with E-state index in [-0.39, 0.29) is 18.0 Å². The summed E-state index contributed by atoms with van der Waals surface area (Å²) in [6.07, 6.45) is -0.479. The lowest BCUT2D eigenvalue weighted by Crippen LogP contribution is -2.19. The molecule has 0 aliphatic heterocycles. The average Bonchev–Trinajstić information content (AvgIpc) is 2.23. The van der Waals surface area contributed by atoms with Gasteiger partial charge in [-0.05, 0) is 25.1 Å². The molecule has 0 heterocycles. The molecule has 0 saturated carbocycles. The van der Waals surface area contributed by atoms with Gasteiger partial charge in [0.15, 0.2) is 0 Å². The summed E-state index contributed by atoms with van der Waals surface area (Å²) >= 11 is 5.86. The van der Waals surface area contributed by atoms with Gasteiger partial charge in [-0.25, -0.2) is 0 Å². The zero-order valence-electron chi connectivity index (χ0n) is 9.03. The summed E-state index contributed by atoms with van der Waals surface area (Å²) in [6.45, 7) is 1.87. The van der Waals surface area contributed by atoms with Crippen LogP contribution in [0.3, 0.4) is 0 Å². The molecule has 0 fully saturated rings. The van der Waals surface area contributed by atoms with Crippen molar-refractivity contribution in [1.29, 1.82) is 0 Å². The van der Waals surface area contributed by atoms with Crippen molar-refractivity contribution in [3.8, 4) is 5.75 Å². The monoisotopic (exact) mass is 230 g/mol. The predicted octanol–water partition coefficient (Wildman–Crippen LogP) is 2.77. The van der Waals surface area contributed by atoms with E-state index in [1.165, 1.54) is 0 Å². The number of aromatic hydroxyl groups is 1. The van der Waals surface area contributed by atoms with Crippen LogP contribution in [0.15, 0.2) is 18.2 Å². The second kappa shape index (κ2) is 5.35. The third-order valence-corrected chi connectivity index (χ3v) is 2.58. The molecule has 0 amide bonds. The Hall–Kier alpha value is -0.770. The van der Waals surface area contributed by atoms with Crippen LogP contribution in [-0.2, 0) is 9.47 Å². The van der Waals surface area contributed by atoms with E-state index >= 15 is 0 Å². The van der Waals surface area contributed by atoms with Crippen molar-refractivity contribution in [3.05, 3.63) is 28.8 Å². The summed E-state index contributed by atoms with van der Waals surface area (Å²) in [5.41, 5.74) is 0.638. The molecule has 1 N–H and O–H groups in total. The van der Waals surface area contributed by atoms with Crippen LogP contribution >= 0.6 is 11.6 Å². The minimum absolute atomic E-state index is 0.153. The third-order valence-electron chi connectivity index (χ3n) is 2.35. The van der Waals surface area contributed by atoms with Crippen LogP contribution in [0.2, 0.25) is 5.02 Å². The first-order valence-electron chi connectivity index (χ1n) is 4.64. The van der Waals surface area contributed by atoms with Crippen molar-refractivity contribution >= 4 is 11.6 Å². The van der Waals surface area contributed by atoms with Crippen LogP contribution in [0.1, 0.15) is 18.6 Å². The Kier molecular flexibility index (Phi) is 4.39. The van der Waals surface area contributed by atoms with Gasteiger partial charge < -0.3 is 14.6 Å². The van der Waals surface area contributed by atoms with Crippen LogP contribution < -0.4 is 0 Å². The van der Waals surface area contributed by atoms with Crippen LogP contribution in [-0.4, -0.2) is 25.4 Å². The maximum Gasteiger partial charge on any atom is 0.121 e. The first-order chi connectivity index (χ1) is 7.10. The van der Waals surface area contributed by atoms with Crippen molar-refractivity contribution in [1.82, 2.24) is 0 Å². The van der Waals surface area contributed by atoms with Gasteiger partial charge in [0.25, 0.3) is 0 Å². The van der Waals surface area contributed by atoms with Gasteiger partial charge in [-0.3, -0.25) is 0 Å². The second-order valence-electron chi connectivity index (χ2n) is 3.30. The Morgan fingerprint density at radius 1 is 1.27 bits per heavy atom. The molecule has 0 unspecified atom stereocenters. The van der Waals surface area contributed by atoms with Gasteiger partial charge in [0.05, 0.1) is 6.10 Å². The molecule has 0 bridgehead atoms. The van der Waals surface area contributed by atoms with E-state index in [2.05, 4.69) is 0 Å². The number of benzene rings is 1. The SMILES string of the molecule is CO[C@H](c1cc(Cl)ccc1O)[C@@H](C)OC. The molecule has 0 aromatic heterocycles. The van der Waals surface area contributed by atoms with E-state index in [9.17, 15) is 5.11 Å². The number of ether oxygens (including phenoxy) is 2. The minimum atomic E-state index is -0.325. The lowest BCUT2D eigenvalue weighted by Gasteiger charge is -2.22. The highest BCUT2D eigenvalue weighted by Crippen LogP contribution is 2.32. The molecule has 0 saturated heterocycles. The lowest BCUT2D eigenvalue weighted by atomic mass is 10.0. The summed E-state index contributed by atoms with van der Waals surface area (Å²) in [7, 11) is 3.17. The normalized spacial score (nSPS) is 14.9. The number of phenols is 1.